The fraction of sp³-hybridized carbons (Fsp3) is 0.118. The predicted octanol–water partition coefficient (Wildman–Crippen LogP) is 2.92. The summed E-state index contributed by atoms with van der Waals surface area (Å²) in [6.07, 6.45) is 0. The zero-order valence-corrected chi connectivity index (χ0v) is 12.1. The van der Waals surface area contributed by atoms with Crippen molar-refractivity contribution in [2.45, 2.75) is 6.92 Å². The van der Waals surface area contributed by atoms with Crippen molar-refractivity contribution in [3.8, 4) is 17.5 Å². The van der Waals surface area contributed by atoms with Crippen LogP contribution < -0.4 is 5.56 Å². The second-order valence-corrected chi connectivity index (χ2v) is 5.16. The van der Waals surface area contributed by atoms with E-state index in [1.807, 2.05) is 19.1 Å². The van der Waals surface area contributed by atoms with Crippen molar-refractivity contribution in [3.05, 3.63) is 63.7 Å². The molecule has 0 saturated heterocycles. The topological polar surface area (TPSA) is 58.7 Å². The van der Waals surface area contributed by atoms with Gasteiger partial charge in [-0.3, -0.25) is 9.36 Å². The van der Waals surface area contributed by atoms with Crippen LogP contribution >= 0.6 is 0 Å². The molecule has 4 nitrogen and oxygen atoms in total. The summed E-state index contributed by atoms with van der Waals surface area (Å²) in [4.78, 5) is 16.9. The molecular formula is C17H12FN3O. The van der Waals surface area contributed by atoms with E-state index in [9.17, 15) is 9.18 Å². The Morgan fingerprint density at radius 2 is 2.00 bits per heavy atom. The highest BCUT2D eigenvalue weighted by molar-refractivity contribution is 5.80. The van der Waals surface area contributed by atoms with Crippen LogP contribution in [-0.2, 0) is 7.05 Å². The predicted molar refractivity (Wildman–Crippen MR) is 81.8 cm³/mol. The summed E-state index contributed by atoms with van der Waals surface area (Å²) in [5.41, 5.74) is 1.90. The minimum absolute atomic E-state index is 0.188. The molecule has 0 unspecified atom stereocenters. The van der Waals surface area contributed by atoms with Gasteiger partial charge in [0, 0.05) is 12.6 Å². The maximum absolute atomic E-state index is 13.6. The highest BCUT2D eigenvalue weighted by Crippen LogP contribution is 2.21. The molecule has 0 amide bonds. The molecular weight excluding hydrogens is 281 g/mol. The van der Waals surface area contributed by atoms with Gasteiger partial charge >= 0.3 is 0 Å². The van der Waals surface area contributed by atoms with Crippen LogP contribution in [0.1, 0.15) is 11.1 Å². The van der Waals surface area contributed by atoms with E-state index in [0.29, 0.717) is 22.3 Å². The lowest BCUT2D eigenvalue weighted by atomic mass is 10.1. The molecule has 0 N–H and O–H groups in total. The Morgan fingerprint density at radius 3 is 2.73 bits per heavy atom. The molecule has 22 heavy (non-hydrogen) atoms. The van der Waals surface area contributed by atoms with Crippen molar-refractivity contribution in [2.24, 2.45) is 7.05 Å². The van der Waals surface area contributed by atoms with Crippen LogP contribution in [0.5, 0.6) is 0 Å². The number of hydrogen-bond acceptors (Lipinski definition) is 3. The van der Waals surface area contributed by atoms with Gasteiger partial charge in [0.15, 0.2) is 0 Å². The van der Waals surface area contributed by atoms with Crippen molar-refractivity contribution in [2.75, 3.05) is 0 Å². The summed E-state index contributed by atoms with van der Waals surface area (Å²) in [5.74, 6) is -0.204. The summed E-state index contributed by atoms with van der Waals surface area (Å²) < 4.78 is 15.0. The molecule has 0 aliphatic rings. The molecule has 1 aromatic heterocycles. The van der Waals surface area contributed by atoms with Crippen LogP contribution in [0.3, 0.4) is 0 Å². The van der Waals surface area contributed by atoms with E-state index in [0.717, 1.165) is 11.6 Å². The van der Waals surface area contributed by atoms with Gasteiger partial charge in [-0.05, 0) is 37.3 Å². The number of fused-ring (bicyclic) bond motifs is 1. The first-order valence-corrected chi connectivity index (χ1v) is 6.68. The van der Waals surface area contributed by atoms with Crippen LogP contribution in [0.15, 0.2) is 41.2 Å². The molecule has 0 aliphatic carbocycles. The first-order valence-electron chi connectivity index (χ1n) is 6.68. The summed E-state index contributed by atoms with van der Waals surface area (Å²) in [5, 5.41) is 9.47. The van der Waals surface area contributed by atoms with Crippen LogP contribution in [-0.4, -0.2) is 9.55 Å². The number of halogens is 1. The number of aromatic nitrogens is 2. The standard InChI is InChI=1S/C17H12FN3O/c1-10-3-4-15-14(5-10)17(22)21(2)16(20-15)12-6-11(9-19)7-13(18)8-12/h3-8H,1-2H3. The monoisotopic (exact) mass is 293 g/mol. The Bertz CT molecular complexity index is 999. The van der Waals surface area contributed by atoms with Gasteiger partial charge < -0.3 is 0 Å². The molecule has 0 radical (unpaired) electrons. The van der Waals surface area contributed by atoms with Crippen molar-refractivity contribution in [3.63, 3.8) is 0 Å². The number of nitriles is 1. The van der Waals surface area contributed by atoms with E-state index in [2.05, 4.69) is 4.98 Å². The molecule has 5 heteroatoms. The van der Waals surface area contributed by atoms with Crippen molar-refractivity contribution < 1.29 is 4.39 Å². The summed E-state index contributed by atoms with van der Waals surface area (Å²) in [6, 6.07) is 11.2. The van der Waals surface area contributed by atoms with Gasteiger partial charge in [-0.15, -0.1) is 0 Å². The van der Waals surface area contributed by atoms with Crippen LogP contribution in [0, 0.1) is 24.1 Å². The Labute approximate surface area is 126 Å². The molecule has 2 aromatic carbocycles. The van der Waals surface area contributed by atoms with Gasteiger partial charge in [0.05, 0.1) is 22.5 Å². The van der Waals surface area contributed by atoms with E-state index < -0.39 is 5.82 Å². The molecule has 1 heterocycles. The lowest BCUT2D eigenvalue weighted by molar-refractivity contribution is 0.627. The highest BCUT2D eigenvalue weighted by atomic mass is 19.1. The Balaban J connectivity index is 2.35. The Morgan fingerprint density at radius 1 is 1.23 bits per heavy atom. The SMILES string of the molecule is Cc1ccc2nc(-c3cc(F)cc(C#N)c3)n(C)c(=O)c2c1. The normalized spacial score (nSPS) is 10.6. The molecule has 0 atom stereocenters. The van der Waals surface area contributed by atoms with Crippen molar-refractivity contribution in [1.29, 1.82) is 5.26 Å². The molecule has 0 fully saturated rings. The average molecular weight is 293 g/mol. The third kappa shape index (κ3) is 2.25. The fourth-order valence-electron chi connectivity index (χ4n) is 2.43. The van der Waals surface area contributed by atoms with E-state index in [1.54, 1.807) is 19.2 Å². The van der Waals surface area contributed by atoms with Gasteiger partial charge in [0.25, 0.3) is 5.56 Å². The number of rotatable bonds is 1. The lowest BCUT2D eigenvalue weighted by Crippen LogP contribution is -2.20. The minimum atomic E-state index is -0.535. The van der Waals surface area contributed by atoms with E-state index >= 15 is 0 Å². The second-order valence-electron chi connectivity index (χ2n) is 5.16. The van der Waals surface area contributed by atoms with Crippen molar-refractivity contribution in [1.82, 2.24) is 9.55 Å². The third-order valence-electron chi connectivity index (χ3n) is 3.52. The number of nitrogens with zero attached hydrogens (tertiary/aromatic N) is 3. The molecule has 3 rings (SSSR count). The summed E-state index contributed by atoms with van der Waals surface area (Å²) >= 11 is 0. The number of hydrogen-bond donors (Lipinski definition) is 0. The van der Waals surface area contributed by atoms with Crippen molar-refractivity contribution >= 4 is 10.9 Å². The van der Waals surface area contributed by atoms with E-state index in [4.69, 9.17) is 5.26 Å². The van der Waals surface area contributed by atoms with Crippen LogP contribution in [0.2, 0.25) is 0 Å². The Kier molecular flexibility index (Phi) is 3.22. The second kappa shape index (κ2) is 5.08. The largest absolute Gasteiger partial charge is 0.295 e. The first kappa shape index (κ1) is 14.0. The molecule has 0 aliphatic heterocycles. The summed E-state index contributed by atoms with van der Waals surface area (Å²) in [7, 11) is 1.59. The van der Waals surface area contributed by atoms with Gasteiger partial charge in [-0.2, -0.15) is 5.26 Å². The number of benzene rings is 2. The Hall–Kier alpha value is -3.00. The smallest absolute Gasteiger partial charge is 0.261 e. The molecule has 108 valence electrons. The minimum Gasteiger partial charge on any atom is -0.295 e. The van der Waals surface area contributed by atoms with Gasteiger partial charge in [0.1, 0.15) is 11.6 Å². The average Bonchev–Trinajstić information content (AvgIpc) is 2.50. The van der Waals surface area contributed by atoms with E-state index in [-0.39, 0.29) is 11.1 Å². The van der Waals surface area contributed by atoms with Gasteiger partial charge in [-0.1, -0.05) is 11.6 Å². The highest BCUT2D eigenvalue weighted by Gasteiger charge is 2.12. The molecule has 0 saturated carbocycles. The van der Waals surface area contributed by atoms with Gasteiger partial charge in [0.2, 0.25) is 0 Å². The van der Waals surface area contributed by atoms with Gasteiger partial charge in [-0.25, -0.2) is 9.37 Å². The quantitative estimate of drug-likeness (QED) is 0.693. The molecule has 0 spiro atoms. The molecule has 0 bridgehead atoms. The zero-order chi connectivity index (χ0) is 15.9. The number of aryl methyl sites for hydroxylation is 1. The lowest BCUT2D eigenvalue weighted by Gasteiger charge is -2.10. The first-order chi connectivity index (χ1) is 10.5. The van der Waals surface area contributed by atoms with Crippen LogP contribution in [0.25, 0.3) is 22.3 Å². The zero-order valence-electron chi connectivity index (χ0n) is 12.1. The maximum Gasteiger partial charge on any atom is 0.261 e. The van der Waals surface area contributed by atoms with Crippen LogP contribution in [0.4, 0.5) is 4.39 Å². The molecule has 3 aromatic rings. The fourth-order valence-corrected chi connectivity index (χ4v) is 2.43. The van der Waals surface area contributed by atoms with E-state index in [1.165, 1.54) is 16.7 Å². The maximum atomic E-state index is 13.6. The third-order valence-corrected chi connectivity index (χ3v) is 3.52. The summed E-state index contributed by atoms with van der Waals surface area (Å²) in [6.45, 7) is 1.90.